The van der Waals surface area contributed by atoms with Crippen LogP contribution in [0.4, 0.5) is 22.2 Å². The largest absolute Gasteiger partial charge is 0.467 e. The molecule has 17 nitrogen and oxygen atoms in total. The molecule has 4 amide bonds. The van der Waals surface area contributed by atoms with Crippen molar-refractivity contribution in [1.82, 2.24) is 35.9 Å². The first-order valence-corrected chi connectivity index (χ1v) is 20.3. The molecular formula is C46H46N10O7. The molecule has 7 rings (SSSR count). The van der Waals surface area contributed by atoms with Crippen LogP contribution in [0.5, 0.6) is 0 Å². The summed E-state index contributed by atoms with van der Waals surface area (Å²) in [6.45, 7) is 1.88. The summed E-state index contributed by atoms with van der Waals surface area (Å²) >= 11 is 0. The van der Waals surface area contributed by atoms with E-state index >= 15 is 0 Å². The van der Waals surface area contributed by atoms with Crippen molar-refractivity contribution in [3.63, 3.8) is 0 Å². The van der Waals surface area contributed by atoms with Crippen molar-refractivity contribution in [2.24, 2.45) is 0 Å². The highest BCUT2D eigenvalue weighted by Gasteiger charge is 2.29. The van der Waals surface area contributed by atoms with Gasteiger partial charge in [-0.3, -0.25) is 14.4 Å². The van der Waals surface area contributed by atoms with E-state index in [-0.39, 0.29) is 43.2 Å². The molecule has 322 valence electrons. The number of fused-ring (bicyclic) bond motifs is 4. The fourth-order valence-electron chi connectivity index (χ4n) is 7.28. The fourth-order valence-corrected chi connectivity index (χ4v) is 7.28. The molecule has 1 aliphatic carbocycles. The summed E-state index contributed by atoms with van der Waals surface area (Å²) in [7, 11) is 1.24. The van der Waals surface area contributed by atoms with Gasteiger partial charge in [0.1, 0.15) is 18.7 Å². The number of nitrogen functional groups attached to an aromatic ring is 2. The number of methoxy groups -OCH3 is 1. The SMILES string of the molecule is COC(=O)[C@H](CCCNC(=O)c1ccc(NC(=O)[C@H](C)NC(=O)OCC2c3ccccc3-c3ccccc32)cc1)NC(=O)c1ccc(CCc2cnc3nc(N)nc(N)c3n2)cc1. The van der Waals surface area contributed by atoms with Crippen LogP contribution in [-0.2, 0) is 31.9 Å². The first kappa shape index (κ1) is 43.1. The minimum Gasteiger partial charge on any atom is -0.467 e. The number of ether oxygens (including phenoxy) is 2. The second-order valence-corrected chi connectivity index (χ2v) is 14.9. The summed E-state index contributed by atoms with van der Waals surface area (Å²) in [6, 6.07) is 27.4. The van der Waals surface area contributed by atoms with Crippen LogP contribution < -0.4 is 32.7 Å². The molecule has 0 aliphatic heterocycles. The van der Waals surface area contributed by atoms with Gasteiger partial charge in [0.25, 0.3) is 11.8 Å². The van der Waals surface area contributed by atoms with Gasteiger partial charge in [-0.15, -0.1) is 0 Å². The minimum atomic E-state index is -0.943. The minimum absolute atomic E-state index is 0.0242. The van der Waals surface area contributed by atoms with E-state index in [1.807, 2.05) is 48.5 Å². The summed E-state index contributed by atoms with van der Waals surface area (Å²) in [4.78, 5) is 80.9. The molecule has 0 unspecified atom stereocenters. The number of nitrogens with two attached hydrogens (primary N) is 2. The van der Waals surface area contributed by atoms with Crippen molar-refractivity contribution in [2.75, 3.05) is 37.0 Å². The fraction of sp³-hybridized carbons (Fsp3) is 0.239. The van der Waals surface area contributed by atoms with Crippen molar-refractivity contribution in [3.8, 4) is 11.1 Å². The number of hydrogen-bond acceptors (Lipinski definition) is 13. The number of amides is 4. The highest BCUT2D eigenvalue weighted by Crippen LogP contribution is 2.44. The monoisotopic (exact) mass is 850 g/mol. The zero-order chi connectivity index (χ0) is 44.5. The average molecular weight is 851 g/mol. The van der Waals surface area contributed by atoms with Crippen LogP contribution in [0.3, 0.4) is 0 Å². The average Bonchev–Trinajstić information content (AvgIpc) is 3.61. The summed E-state index contributed by atoms with van der Waals surface area (Å²) in [5, 5.41) is 10.9. The second-order valence-electron chi connectivity index (χ2n) is 14.9. The Labute approximate surface area is 362 Å². The van der Waals surface area contributed by atoms with Crippen LogP contribution in [-0.4, -0.2) is 82.1 Å². The van der Waals surface area contributed by atoms with Crippen molar-refractivity contribution in [1.29, 1.82) is 0 Å². The molecule has 8 N–H and O–H groups in total. The van der Waals surface area contributed by atoms with Crippen LogP contribution in [0.2, 0.25) is 0 Å². The number of aromatic nitrogens is 4. The van der Waals surface area contributed by atoms with E-state index in [0.717, 1.165) is 27.8 Å². The van der Waals surface area contributed by atoms with Crippen molar-refractivity contribution >= 4 is 58.4 Å². The number of carbonyl (C=O) groups is 5. The maximum atomic E-state index is 13.1. The Hall–Kier alpha value is -7.95. The molecule has 0 saturated carbocycles. The molecule has 63 heavy (non-hydrogen) atoms. The molecule has 0 radical (unpaired) electrons. The maximum Gasteiger partial charge on any atom is 0.407 e. The van der Waals surface area contributed by atoms with E-state index in [4.69, 9.17) is 20.9 Å². The predicted molar refractivity (Wildman–Crippen MR) is 235 cm³/mol. The molecule has 0 fully saturated rings. The van der Waals surface area contributed by atoms with E-state index in [2.05, 4.69) is 53.3 Å². The standard InChI is InChI=1S/C46H46N10O7/c1-26(51-46(61)63-25-36-34-10-5-3-8-32(34)33-9-4-6-11-35(33)36)41(57)53-30-21-18-28(19-22-30)42(58)49-23-7-12-37(44(60)62-2)54-43(59)29-16-13-27(14-17-29)15-20-31-24-50-40-38(52-31)39(47)55-45(48)56-40/h3-6,8-11,13-14,16-19,21-22,24,26,36-37H,7,12,15,20,23,25H2,1-2H3,(H,49,58)(H,51,61)(H,53,57)(H,54,59)(H4,47,48,50,55,56)/t26-,37-/m0/s1. The van der Waals surface area contributed by atoms with Crippen LogP contribution in [0.1, 0.15) is 68.8 Å². The number of anilines is 3. The van der Waals surface area contributed by atoms with Gasteiger partial charge in [0, 0.05) is 29.3 Å². The molecule has 1 aliphatic rings. The number of carbonyl (C=O) groups excluding carboxylic acids is 5. The Morgan fingerprint density at radius 1 is 0.762 bits per heavy atom. The van der Waals surface area contributed by atoms with E-state index in [1.54, 1.807) is 49.5 Å². The van der Waals surface area contributed by atoms with Gasteiger partial charge in [0.2, 0.25) is 11.9 Å². The summed E-state index contributed by atoms with van der Waals surface area (Å²) in [6.07, 6.45) is 2.62. The third-order valence-electron chi connectivity index (χ3n) is 10.6. The summed E-state index contributed by atoms with van der Waals surface area (Å²) in [5.41, 5.74) is 19.4. The molecule has 2 aromatic heterocycles. The lowest BCUT2D eigenvalue weighted by Crippen LogP contribution is -2.42. The van der Waals surface area contributed by atoms with Gasteiger partial charge < -0.3 is 42.2 Å². The zero-order valence-corrected chi connectivity index (χ0v) is 34.6. The van der Waals surface area contributed by atoms with Gasteiger partial charge in [0.05, 0.1) is 19.0 Å². The summed E-state index contributed by atoms with van der Waals surface area (Å²) < 4.78 is 10.5. The van der Waals surface area contributed by atoms with Gasteiger partial charge in [-0.1, -0.05) is 60.7 Å². The number of benzene rings is 4. The van der Waals surface area contributed by atoms with E-state index in [0.29, 0.717) is 52.9 Å². The maximum absolute atomic E-state index is 13.1. The van der Waals surface area contributed by atoms with E-state index in [9.17, 15) is 24.0 Å². The van der Waals surface area contributed by atoms with E-state index < -0.39 is 36.0 Å². The third-order valence-corrected chi connectivity index (χ3v) is 10.6. The zero-order valence-electron chi connectivity index (χ0n) is 34.6. The highest BCUT2D eigenvalue weighted by atomic mass is 16.5. The van der Waals surface area contributed by atoms with Gasteiger partial charge in [0.15, 0.2) is 17.0 Å². The van der Waals surface area contributed by atoms with Crippen molar-refractivity contribution < 1.29 is 33.4 Å². The van der Waals surface area contributed by atoms with Crippen molar-refractivity contribution in [2.45, 2.75) is 50.6 Å². The lowest BCUT2D eigenvalue weighted by atomic mass is 9.98. The topological polar surface area (TPSA) is 256 Å². The number of nitrogens with zero attached hydrogens (tertiary/aromatic N) is 4. The van der Waals surface area contributed by atoms with Gasteiger partial charge in [-0.05, 0) is 96.8 Å². The number of hydrogen-bond donors (Lipinski definition) is 6. The molecular weight excluding hydrogens is 805 g/mol. The van der Waals surface area contributed by atoms with Gasteiger partial charge in [-0.2, -0.15) is 9.97 Å². The number of aryl methyl sites for hydroxylation is 2. The van der Waals surface area contributed by atoms with Gasteiger partial charge in [-0.25, -0.2) is 19.6 Å². The Morgan fingerprint density at radius 3 is 2.10 bits per heavy atom. The molecule has 0 spiro atoms. The lowest BCUT2D eigenvalue weighted by molar-refractivity contribution is -0.143. The van der Waals surface area contributed by atoms with Crippen molar-refractivity contribution in [3.05, 3.63) is 137 Å². The first-order chi connectivity index (χ1) is 30.5. The molecule has 2 heterocycles. The molecule has 0 saturated heterocycles. The first-order valence-electron chi connectivity index (χ1n) is 20.3. The summed E-state index contributed by atoms with van der Waals surface area (Å²) in [5.74, 6) is -1.84. The number of nitrogens with one attached hydrogen (secondary N) is 4. The Balaban J connectivity index is 0.819. The molecule has 17 heteroatoms. The Bertz CT molecular complexity index is 2610. The molecule has 4 aromatic carbocycles. The normalized spacial score (nSPS) is 12.6. The van der Waals surface area contributed by atoms with Crippen LogP contribution in [0.15, 0.2) is 103 Å². The Kier molecular flexibility index (Phi) is 13.4. The van der Waals surface area contributed by atoms with Gasteiger partial charge >= 0.3 is 12.1 Å². The van der Waals surface area contributed by atoms with E-state index in [1.165, 1.54) is 7.11 Å². The number of esters is 1. The van der Waals surface area contributed by atoms with Crippen LogP contribution in [0, 0.1) is 0 Å². The lowest BCUT2D eigenvalue weighted by Gasteiger charge is -2.17. The quantitative estimate of drug-likeness (QED) is 0.0570. The van der Waals surface area contributed by atoms with Crippen LogP contribution in [0.25, 0.3) is 22.3 Å². The predicted octanol–water partition coefficient (Wildman–Crippen LogP) is 4.72. The Morgan fingerprint density at radius 2 is 1.41 bits per heavy atom. The highest BCUT2D eigenvalue weighted by molar-refractivity contribution is 5.98. The second kappa shape index (κ2) is 19.6. The van der Waals surface area contributed by atoms with Crippen LogP contribution >= 0.6 is 0 Å². The molecule has 6 aromatic rings. The molecule has 2 atom stereocenters. The molecule has 0 bridgehead atoms. The third kappa shape index (κ3) is 10.5. The number of rotatable bonds is 16. The number of alkyl carbamates (subject to hydrolysis) is 1. The smallest absolute Gasteiger partial charge is 0.407 e.